The maximum Gasteiger partial charge on any atom is 0.264 e. The predicted octanol–water partition coefficient (Wildman–Crippen LogP) is 3.69. The highest BCUT2D eigenvalue weighted by Crippen LogP contribution is 2.22. The second kappa shape index (κ2) is 4.79. The van der Waals surface area contributed by atoms with Crippen LogP contribution in [0, 0.1) is 0 Å². The van der Waals surface area contributed by atoms with Crippen LogP contribution in [0.5, 0.6) is 0 Å². The summed E-state index contributed by atoms with van der Waals surface area (Å²) < 4.78 is 1.92. The van der Waals surface area contributed by atoms with Crippen molar-refractivity contribution in [3.8, 4) is 11.3 Å². The molecular formula is C17H11ClN3+. The molecule has 4 aromatic rings. The maximum absolute atomic E-state index is 5.96. The van der Waals surface area contributed by atoms with Crippen LogP contribution in [0.25, 0.3) is 27.7 Å². The zero-order valence-corrected chi connectivity index (χ0v) is 11.8. The van der Waals surface area contributed by atoms with Crippen LogP contribution in [0.15, 0.2) is 67.0 Å². The van der Waals surface area contributed by atoms with Crippen molar-refractivity contribution in [2.75, 3.05) is 0 Å². The smallest absolute Gasteiger partial charge is 0.223 e. The standard InChI is InChI=1S/C17H11ClN3/c18-14-8-5-13(6-9-14)17-16-10-7-12-3-1-2-4-15(12)21(16)20-11-19-17/h1-11H/q+1. The van der Waals surface area contributed by atoms with Crippen LogP contribution in [0.3, 0.4) is 0 Å². The van der Waals surface area contributed by atoms with Crippen molar-refractivity contribution in [2.45, 2.75) is 0 Å². The van der Waals surface area contributed by atoms with Crippen LogP contribution in [0.2, 0.25) is 5.02 Å². The van der Waals surface area contributed by atoms with E-state index in [0.29, 0.717) is 0 Å². The Morgan fingerprint density at radius 3 is 2.48 bits per heavy atom. The van der Waals surface area contributed by atoms with Gasteiger partial charge >= 0.3 is 0 Å². The molecule has 0 unspecified atom stereocenters. The minimum absolute atomic E-state index is 0.718. The van der Waals surface area contributed by atoms with E-state index in [1.165, 1.54) is 0 Å². The van der Waals surface area contributed by atoms with Crippen molar-refractivity contribution in [3.05, 3.63) is 72.0 Å². The lowest BCUT2D eigenvalue weighted by Crippen LogP contribution is -2.28. The molecule has 0 saturated heterocycles. The van der Waals surface area contributed by atoms with E-state index in [1.54, 1.807) is 6.33 Å². The third kappa shape index (κ3) is 2.03. The number of halogens is 1. The van der Waals surface area contributed by atoms with E-state index in [1.807, 2.05) is 47.0 Å². The van der Waals surface area contributed by atoms with E-state index in [4.69, 9.17) is 11.6 Å². The Morgan fingerprint density at radius 1 is 0.810 bits per heavy atom. The van der Waals surface area contributed by atoms with Crippen molar-refractivity contribution in [3.63, 3.8) is 0 Å². The molecule has 0 aliphatic carbocycles. The molecule has 0 aliphatic heterocycles. The van der Waals surface area contributed by atoms with E-state index in [2.05, 4.69) is 28.3 Å². The molecule has 0 bridgehead atoms. The first-order chi connectivity index (χ1) is 10.3. The number of pyridine rings is 1. The Bertz CT molecular complexity index is 949. The van der Waals surface area contributed by atoms with E-state index in [9.17, 15) is 0 Å². The normalized spacial score (nSPS) is 11.1. The Kier molecular flexibility index (Phi) is 2.79. The highest BCUT2D eigenvalue weighted by Gasteiger charge is 2.16. The first kappa shape index (κ1) is 12.2. The van der Waals surface area contributed by atoms with E-state index < -0.39 is 0 Å². The molecule has 4 rings (SSSR count). The summed E-state index contributed by atoms with van der Waals surface area (Å²) in [5, 5.41) is 6.26. The number of hydrogen-bond acceptors (Lipinski definition) is 2. The molecule has 0 amide bonds. The summed E-state index contributed by atoms with van der Waals surface area (Å²) in [6.45, 7) is 0. The molecule has 0 atom stereocenters. The number of aromatic nitrogens is 3. The van der Waals surface area contributed by atoms with Gasteiger partial charge in [0.1, 0.15) is 5.69 Å². The van der Waals surface area contributed by atoms with Gasteiger partial charge in [-0.25, -0.2) is 4.98 Å². The molecule has 3 nitrogen and oxygen atoms in total. The lowest BCUT2D eigenvalue weighted by atomic mass is 10.1. The van der Waals surface area contributed by atoms with Crippen molar-refractivity contribution in [2.24, 2.45) is 0 Å². The molecule has 0 saturated carbocycles. The SMILES string of the molecule is Clc1ccc(-c2ncn[n+]3c2ccc2ccccc23)cc1. The summed E-state index contributed by atoms with van der Waals surface area (Å²) in [4.78, 5) is 4.44. The summed E-state index contributed by atoms with van der Waals surface area (Å²) in [6, 6.07) is 20.0. The Balaban J connectivity index is 2.06. The molecule has 0 radical (unpaired) electrons. The predicted molar refractivity (Wildman–Crippen MR) is 83.1 cm³/mol. The molecule has 2 aromatic heterocycles. The van der Waals surface area contributed by atoms with Crippen LogP contribution in [-0.4, -0.2) is 10.1 Å². The van der Waals surface area contributed by atoms with Gasteiger partial charge in [0.15, 0.2) is 6.33 Å². The summed E-state index contributed by atoms with van der Waals surface area (Å²) in [5.41, 5.74) is 3.95. The second-order valence-corrected chi connectivity index (χ2v) is 5.24. The van der Waals surface area contributed by atoms with E-state index >= 15 is 0 Å². The van der Waals surface area contributed by atoms with Gasteiger partial charge in [0, 0.05) is 33.2 Å². The fraction of sp³-hybridized carbons (Fsp3) is 0. The molecule has 0 N–H and O–H groups in total. The third-order valence-corrected chi connectivity index (χ3v) is 3.78. The average Bonchev–Trinajstić information content (AvgIpc) is 2.55. The van der Waals surface area contributed by atoms with E-state index in [-0.39, 0.29) is 0 Å². The molecule has 2 aromatic carbocycles. The lowest BCUT2D eigenvalue weighted by molar-refractivity contribution is -0.553. The number of hydrogen-bond donors (Lipinski definition) is 0. The molecule has 0 aliphatic rings. The highest BCUT2D eigenvalue weighted by molar-refractivity contribution is 6.30. The van der Waals surface area contributed by atoms with Gasteiger partial charge < -0.3 is 0 Å². The summed E-state index contributed by atoms with van der Waals surface area (Å²) in [6.07, 6.45) is 1.59. The van der Waals surface area contributed by atoms with Crippen LogP contribution >= 0.6 is 11.6 Å². The molecule has 2 heterocycles. The number of rotatable bonds is 1. The summed E-state index contributed by atoms with van der Waals surface area (Å²) in [7, 11) is 0. The summed E-state index contributed by atoms with van der Waals surface area (Å²) >= 11 is 5.96. The van der Waals surface area contributed by atoms with Gasteiger partial charge in [-0.3, -0.25) is 0 Å². The molecule has 0 spiro atoms. The van der Waals surface area contributed by atoms with Crippen molar-refractivity contribution < 1.29 is 4.52 Å². The van der Waals surface area contributed by atoms with E-state index in [0.717, 1.165) is 32.7 Å². The monoisotopic (exact) mass is 292 g/mol. The third-order valence-electron chi connectivity index (χ3n) is 3.53. The first-order valence-electron chi connectivity index (χ1n) is 6.64. The van der Waals surface area contributed by atoms with Crippen LogP contribution in [0.1, 0.15) is 0 Å². The van der Waals surface area contributed by atoms with Crippen LogP contribution in [-0.2, 0) is 0 Å². The van der Waals surface area contributed by atoms with Gasteiger partial charge in [-0.05, 0) is 28.8 Å². The fourth-order valence-electron chi connectivity index (χ4n) is 2.53. The zero-order chi connectivity index (χ0) is 14.2. The molecule has 21 heavy (non-hydrogen) atoms. The minimum atomic E-state index is 0.718. The molecular weight excluding hydrogens is 282 g/mol. The average molecular weight is 293 g/mol. The largest absolute Gasteiger partial charge is 0.264 e. The second-order valence-electron chi connectivity index (χ2n) is 4.80. The van der Waals surface area contributed by atoms with Gasteiger partial charge in [0.25, 0.3) is 5.52 Å². The highest BCUT2D eigenvalue weighted by atomic mass is 35.5. The van der Waals surface area contributed by atoms with Gasteiger partial charge in [0.05, 0.1) is 0 Å². The molecule has 4 heteroatoms. The Labute approximate surface area is 126 Å². The lowest BCUT2D eigenvalue weighted by Gasteiger charge is -2.01. The topological polar surface area (TPSA) is 29.9 Å². The quantitative estimate of drug-likeness (QED) is 0.396. The Hall–Kier alpha value is -2.52. The number of benzene rings is 2. The van der Waals surface area contributed by atoms with Crippen molar-refractivity contribution in [1.82, 2.24) is 10.1 Å². The zero-order valence-electron chi connectivity index (χ0n) is 11.1. The number of nitrogens with zero attached hydrogens (tertiary/aromatic N) is 3. The van der Waals surface area contributed by atoms with Gasteiger partial charge in [-0.15, -0.1) is 0 Å². The minimum Gasteiger partial charge on any atom is -0.223 e. The maximum atomic E-state index is 5.96. The number of para-hydroxylation sites is 1. The van der Waals surface area contributed by atoms with Crippen molar-refractivity contribution >= 4 is 28.0 Å². The first-order valence-corrected chi connectivity index (χ1v) is 7.01. The fourth-order valence-corrected chi connectivity index (χ4v) is 2.65. The van der Waals surface area contributed by atoms with Crippen LogP contribution in [0.4, 0.5) is 0 Å². The molecule has 100 valence electrons. The summed E-state index contributed by atoms with van der Waals surface area (Å²) in [5.74, 6) is 0. The Morgan fingerprint density at radius 2 is 1.62 bits per heavy atom. The van der Waals surface area contributed by atoms with Gasteiger partial charge in [-0.2, -0.15) is 0 Å². The van der Waals surface area contributed by atoms with Crippen molar-refractivity contribution in [1.29, 1.82) is 0 Å². The van der Waals surface area contributed by atoms with Crippen LogP contribution < -0.4 is 4.52 Å². The van der Waals surface area contributed by atoms with Gasteiger partial charge in [0.2, 0.25) is 5.52 Å². The molecule has 0 fully saturated rings. The number of fused-ring (bicyclic) bond motifs is 3. The van der Waals surface area contributed by atoms with Gasteiger partial charge in [-0.1, -0.05) is 35.9 Å².